The summed E-state index contributed by atoms with van der Waals surface area (Å²) in [5, 5.41) is 12.2. The van der Waals surface area contributed by atoms with Crippen LogP contribution in [-0.4, -0.2) is 18.5 Å². The van der Waals surface area contributed by atoms with Gasteiger partial charge in [0.1, 0.15) is 23.7 Å². The maximum atomic E-state index is 11.3. The van der Waals surface area contributed by atoms with Gasteiger partial charge in [-0.1, -0.05) is 0 Å². The van der Waals surface area contributed by atoms with Gasteiger partial charge in [0.25, 0.3) is 0 Å². The first-order chi connectivity index (χ1) is 11.7. The van der Waals surface area contributed by atoms with E-state index in [-0.39, 0.29) is 13.4 Å². The van der Waals surface area contributed by atoms with Gasteiger partial charge in [-0.3, -0.25) is 0 Å². The minimum Gasteiger partial charge on any atom is -0.489 e. The summed E-state index contributed by atoms with van der Waals surface area (Å²) in [7, 11) is 0. The molecule has 2 atom stereocenters. The lowest BCUT2D eigenvalue weighted by atomic mass is 9.84. The molecule has 6 nitrogen and oxygen atoms in total. The van der Waals surface area contributed by atoms with Gasteiger partial charge in [-0.15, -0.1) is 0 Å². The number of hydrogen-bond donors (Lipinski definition) is 1. The molecule has 3 aliphatic rings. The molecule has 0 bridgehead atoms. The Morgan fingerprint density at radius 3 is 2.75 bits per heavy atom. The Bertz CT molecular complexity index is 1010. The molecule has 0 unspecified atom stereocenters. The van der Waals surface area contributed by atoms with Crippen LogP contribution in [0.15, 0.2) is 41.0 Å². The van der Waals surface area contributed by atoms with Crippen molar-refractivity contribution in [2.24, 2.45) is 0 Å². The molecule has 2 aromatic carbocycles. The van der Waals surface area contributed by atoms with Crippen molar-refractivity contribution in [3.63, 3.8) is 0 Å². The quantitative estimate of drug-likeness (QED) is 0.686. The summed E-state index contributed by atoms with van der Waals surface area (Å²) in [6, 6.07) is 9.20. The van der Waals surface area contributed by atoms with Crippen molar-refractivity contribution in [2.75, 3.05) is 13.4 Å². The zero-order valence-corrected chi connectivity index (χ0v) is 12.4. The second-order valence-electron chi connectivity index (χ2n) is 6.26. The number of furan rings is 1. The molecule has 1 N–H and O–H groups in total. The molecule has 1 aromatic heterocycles. The lowest BCUT2D eigenvalue weighted by molar-refractivity contribution is -0.0863. The van der Waals surface area contributed by atoms with Crippen LogP contribution in [0.25, 0.3) is 11.0 Å². The molecule has 0 radical (unpaired) electrons. The normalized spacial score (nSPS) is 25.6. The van der Waals surface area contributed by atoms with E-state index in [9.17, 15) is 5.11 Å². The molecule has 0 amide bonds. The third-order valence-electron chi connectivity index (χ3n) is 4.93. The summed E-state index contributed by atoms with van der Waals surface area (Å²) in [5.41, 5.74) is 0.946. The Balaban J connectivity index is 1.55. The maximum absolute atomic E-state index is 11.3. The Hall–Kier alpha value is -2.86. The molecule has 0 saturated carbocycles. The molecule has 3 aromatic rings. The first kappa shape index (κ1) is 12.5. The van der Waals surface area contributed by atoms with Crippen LogP contribution in [0.3, 0.4) is 0 Å². The Labute approximate surface area is 136 Å². The third kappa shape index (κ3) is 1.40. The first-order valence-corrected chi connectivity index (χ1v) is 7.69. The highest BCUT2D eigenvalue weighted by atomic mass is 16.7. The molecule has 0 saturated heterocycles. The van der Waals surface area contributed by atoms with Gasteiger partial charge in [0.15, 0.2) is 23.2 Å². The molecular formula is C18H12O6. The maximum Gasteiger partial charge on any atom is 0.231 e. The van der Waals surface area contributed by atoms with Crippen LogP contribution in [0.5, 0.6) is 23.0 Å². The molecule has 6 rings (SSSR count). The molecule has 3 aliphatic heterocycles. The highest BCUT2D eigenvalue weighted by Gasteiger charge is 2.53. The fraction of sp³-hybridized carbons (Fsp3) is 0.222. The minimum atomic E-state index is -1.26. The molecule has 0 aliphatic carbocycles. The highest BCUT2D eigenvalue weighted by Crippen LogP contribution is 2.56. The lowest BCUT2D eigenvalue weighted by Crippen LogP contribution is -2.41. The molecule has 4 heterocycles. The second-order valence-corrected chi connectivity index (χ2v) is 6.26. The standard InChI is InChI=1S/C18H12O6/c19-18-7-21-13-5-12-9(1-2-20-12)3-10(13)17(18)24-14-6-16-15(4-11(14)18)22-8-23-16/h1-6,17,19H,7-8H2/t17-,18+/m1/s1. The van der Waals surface area contributed by atoms with Crippen molar-refractivity contribution in [3.05, 3.63) is 47.7 Å². The average Bonchev–Trinajstić information content (AvgIpc) is 3.28. The van der Waals surface area contributed by atoms with Crippen LogP contribution in [-0.2, 0) is 5.60 Å². The lowest BCUT2D eigenvalue weighted by Gasteiger charge is -2.34. The van der Waals surface area contributed by atoms with Crippen LogP contribution < -0.4 is 18.9 Å². The van der Waals surface area contributed by atoms with Crippen LogP contribution in [0.4, 0.5) is 0 Å². The number of fused-ring (bicyclic) bond motifs is 7. The number of ether oxygens (including phenoxy) is 4. The van der Waals surface area contributed by atoms with Crippen molar-refractivity contribution < 1.29 is 28.5 Å². The molecular weight excluding hydrogens is 312 g/mol. The van der Waals surface area contributed by atoms with Crippen molar-refractivity contribution in [2.45, 2.75) is 11.7 Å². The number of rotatable bonds is 0. The van der Waals surface area contributed by atoms with Gasteiger partial charge in [-0.25, -0.2) is 0 Å². The summed E-state index contributed by atoms with van der Waals surface area (Å²) in [5.74, 6) is 2.50. The van der Waals surface area contributed by atoms with Gasteiger partial charge in [-0.2, -0.15) is 0 Å². The fourth-order valence-electron chi connectivity index (χ4n) is 3.73. The highest BCUT2D eigenvalue weighted by molar-refractivity contribution is 5.80. The second kappa shape index (κ2) is 3.96. The van der Waals surface area contributed by atoms with Gasteiger partial charge < -0.3 is 28.5 Å². The van der Waals surface area contributed by atoms with Gasteiger partial charge in [0.2, 0.25) is 6.79 Å². The van der Waals surface area contributed by atoms with Gasteiger partial charge >= 0.3 is 0 Å². The largest absolute Gasteiger partial charge is 0.489 e. The van der Waals surface area contributed by atoms with Crippen LogP contribution in [0.1, 0.15) is 17.2 Å². The van der Waals surface area contributed by atoms with Crippen molar-refractivity contribution in [1.29, 1.82) is 0 Å². The Morgan fingerprint density at radius 2 is 1.83 bits per heavy atom. The van der Waals surface area contributed by atoms with Crippen LogP contribution >= 0.6 is 0 Å². The third-order valence-corrected chi connectivity index (χ3v) is 4.93. The summed E-state index contributed by atoms with van der Waals surface area (Å²) in [6.45, 7) is 0.279. The van der Waals surface area contributed by atoms with E-state index >= 15 is 0 Å². The van der Waals surface area contributed by atoms with E-state index in [1.165, 1.54) is 0 Å². The van der Waals surface area contributed by atoms with Gasteiger partial charge in [-0.05, 0) is 18.2 Å². The zero-order chi connectivity index (χ0) is 15.9. The summed E-state index contributed by atoms with van der Waals surface area (Å²) in [4.78, 5) is 0. The molecule has 120 valence electrons. The number of hydrogen-bond acceptors (Lipinski definition) is 6. The van der Waals surface area contributed by atoms with E-state index in [1.807, 2.05) is 18.2 Å². The van der Waals surface area contributed by atoms with E-state index in [4.69, 9.17) is 23.4 Å². The molecule has 24 heavy (non-hydrogen) atoms. The fourth-order valence-corrected chi connectivity index (χ4v) is 3.73. The van der Waals surface area contributed by atoms with Crippen molar-refractivity contribution in [1.82, 2.24) is 0 Å². The monoisotopic (exact) mass is 324 g/mol. The topological polar surface area (TPSA) is 70.3 Å². The van der Waals surface area contributed by atoms with E-state index < -0.39 is 11.7 Å². The van der Waals surface area contributed by atoms with E-state index in [0.717, 1.165) is 16.5 Å². The average molecular weight is 324 g/mol. The Morgan fingerprint density at radius 1 is 0.958 bits per heavy atom. The summed E-state index contributed by atoms with van der Waals surface area (Å²) in [6.07, 6.45) is 1.09. The molecule has 6 heteroatoms. The van der Waals surface area contributed by atoms with Crippen molar-refractivity contribution in [3.8, 4) is 23.0 Å². The first-order valence-electron chi connectivity index (χ1n) is 7.69. The predicted molar refractivity (Wildman–Crippen MR) is 81.5 cm³/mol. The van der Waals surface area contributed by atoms with Crippen LogP contribution in [0.2, 0.25) is 0 Å². The number of aliphatic hydroxyl groups is 1. The van der Waals surface area contributed by atoms with E-state index in [1.54, 1.807) is 18.4 Å². The number of benzene rings is 2. The molecule has 0 spiro atoms. The smallest absolute Gasteiger partial charge is 0.231 e. The SMILES string of the molecule is O[C@]12COc3cc4occc4cc3[C@H]1Oc1cc3c(cc12)OCO3. The summed E-state index contributed by atoms with van der Waals surface area (Å²) < 4.78 is 28.2. The van der Waals surface area contributed by atoms with E-state index in [0.29, 0.717) is 28.6 Å². The van der Waals surface area contributed by atoms with Gasteiger partial charge in [0.05, 0.1) is 6.26 Å². The summed E-state index contributed by atoms with van der Waals surface area (Å²) >= 11 is 0. The molecule has 0 fully saturated rings. The Kier molecular flexibility index (Phi) is 2.07. The van der Waals surface area contributed by atoms with Gasteiger partial charge in [0, 0.05) is 28.6 Å². The van der Waals surface area contributed by atoms with E-state index in [2.05, 4.69) is 0 Å². The minimum absolute atomic E-state index is 0.101. The van der Waals surface area contributed by atoms with Crippen molar-refractivity contribution >= 4 is 11.0 Å². The zero-order valence-electron chi connectivity index (χ0n) is 12.4. The van der Waals surface area contributed by atoms with Crippen LogP contribution in [0, 0.1) is 0 Å². The predicted octanol–water partition coefficient (Wildman–Crippen LogP) is 2.88.